The molecule has 21 heavy (non-hydrogen) atoms. The molecule has 6 nitrogen and oxygen atoms in total. The number of hydrogen-bond donors (Lipinski definition) is 1. The van der Waals surface area contributed by atoms with Crippen LogP contribution in [-0.4, -0.2) is 35.4 Å². The minimum atomic E-state index is -0.484. The molecule has 1 saturated heterocycles. The van der Waals surface area contributed by atoms with Crippen molar-refractivity contribution in [2.24, 2.45) is 5.92 Å². The molecule has 1 unspecified atom stereocenters. The highest BCUT2D eigenvalue weighted by Gasteiger charge is 2.18. The molecular weight excluding hydrogens is 270 g/mol. The molecule has 114 valence electrons. The fourth-order valence-electron chi connectivity index (χ4n) is 2.70. The molecule has 0 bridgehead atoms. The third kappa shape index (κ3) is 4.53. The van der Waals surface area contributed by atoms with Crippen molar-refractivity contribution in [1.82, 2.24) is 4.90 Å². The van der Waals surface area contributed by atoms with Crippen molar-refractivity contribution < 1.29 is 9.72 Å². The topological polar surface area (TPSA) is 75.5 Å². The van der Waals surface area contributed by atoms with Gasteiger partial charge in [0, 0.05) is 25.6 Å². The van der Waals surface area contributed by atoms with Crippen LogP contribution in [-0.2, 0) is 4.79 Å². The number of benzene rings is 1. The van der Waals surface area contributed by atoms with Gasteiger partial charge in [-0.2, -0.15) is 0 Å². The molecule has 1 aliphatic rings. The number of anilines is 1. The van der Waals surface area contributed by atoms with Crippen molar-refractivity contribution in [3.63, 3.8) is 0 Å². The number of likely N-dealkylation sites (tertiary alicyclic amines) is 1. The summed E-state index contributed by atoms with van der Waals surface area (Å²) in [7, 11) is 0. The van der Waals surface area contributed by atoms with Crippen molar-refractivity contribution in [2.75, 3.05) is 25.0 Å². The third-order valence-electron chi connectivity index (χ3n) is 3.77. The molecule has 1 aromatic rings. The standard InChI is InChI=1S/C15H21N3O3/c1-12-5-4-9-17(11-12)10-8-15(19)16-13-6-2-3-7-14(13)18(20)21/h2-3,6-7,12H,4-5,8-11H2,1H3,(H,16,19). The number of carbonyl (C=O) groups is 1. The average molecular weight is 291 g/mol. The largest absolute Gasteiger partial charge is 0.320 e. The average Bonchev–Trinajstić information content (AvgIpc) is 2.45. The molecule has 2 rings (SSSR count). The number of nitro groups is 1. The molecule has 0 radical (unpaired) electrons. The van der Waals surface area contributed by atoms with Gasteiger partial charge in [-0.1, -0.05) is 19.1 Å². The molecule has 0 aliphatic carbocycles. The van der Waals surface area contributed by atoms with Crippen LogP contribution in [0.4, 0.5) is 11.4 Å². The minimum absolute atomic E-state index is 0.0718. The van der Waals surface area contributed by atoms with Gasteiger partial charge in [0.15, 0.2) is 0 Å². The first-order valence-corrected chi connectivity index (χ1v) is 7.32. The maximum atomic E-state index is 12.0. The van der Waals surface area contributed by atoms with Crippen molar-refractivity contribution in [3.8, 4) is 0 Å². The van der Waals surface area contributed by atoms with Gasteiger partial charge in [0.2, 0.25) is 5.91 Å². The number of hydrogen-bond acceptors (Lipinski definition) is 4. The van der Waals surface area contributed by atoms with E-state index < -0.39 is 4.92 Å². The smallest absolute Gasteiger partial charge is 0.292 e. The fourth-order valence-corrected chi connectivity index (χ4v) is 2.70. The second-order valence-corrected chi connectivity index (χ2v) is 5.62. The number of rotatable bonds is 5. The molecule has 1 amide bonds. The number of amides is 1. The summed E-state index contributed by atoms with van der Waals surface area (Å²) in [6, 6.07) is 6.21. The lowest BCUT2D eigenvalue weighted by molar-refractivity contribution is -0.383. The predicted octanol–water partition coefficient (Wildman–Crippen LogP) is 2.66. The first-order valence-electron chi connectivity index (χ1n) is 7.32. The first-order chi connectivity index (χ1) is 10.1. The van der Waals surface area contributed by atoms with Crippen LogP contribution < -0.4 is 5.32 Å². The molecule has 6 heteroatoms. The normalized spacial score (nSPS) is 19.2. The van der Waals surface area contributed by atoms with Crippen LogP contribution in [0.25, 0.3) is 0 Å². The Labute approximate surface area is 124 Å². The zero-order valence-corrected chi connectivity index (χ0v) is 12.2. The van der Waals surface area contributed by atoms with E-state index in [9.17, 15) is 14.9 Å². The zero-order valence-electron chi connectivity index (χ0n) is 12.2. The van der Waals surface area contributed by atoms with E-state index in [-0.39, 0.29) is 17.3 Å². The molecule has 0 saturated carbocycles. The second kappa shape index (κ2) is 7.17. The predicted molar refractivity (Wildman–Crippen MR) is 81.2 cm³/mol. The highest BCUT2D eigenvalue weighted by Crippen LogP contribution is 2.23. The van der Waals surface area contributed by atoms with Gasteiger partial charge in [0.1, 0.15) is 5.69 Å². The number of nitrogens with zero attached hydrogens (tertiary/aromatic N) is 2. The van der Waals surface area contributed by atoms with E-state index in [0.29, 0.717) is 18.9 Å². The Morgan fingerprint density at radius 3 is 2.95 bits per heavy atom. The fraction of sp³-hybridized carbons (Fsp3) is 0.533. The van der Waals surface area contributed by atoms with Crippen LogP contribution in [0.1, 0.15) is 26.2 Å². The van der Waals surface area contributed by atoms with E-state index in [1.807, 2.05) is 0 Å². The highest BCUT2D eigenvalue weighted by atomic mass is 16.6. The van der Waals surface area contributed by atoms with Gasteiger partial charge >= 0.3 is 0 Å². The van der Waals surface area contributed by atoms with Gasteiger partial charge in [-0.15, -0.1) is 0 Å². The Kier molecular flexibility index (Phi) is 5.27. The molecule has 0 spiro atoms. The van der Waals surface area contributed by atoms with E-state index >= 15 is 0 Å². The second-order valence-electron chi connectivity index (χ2n) is 5.62. The summed E-state index contributed by atoms with van der Waals surface area (Å²) in [5.74, 6) is 0.500. The Hall–Kier alpha value is -1.95. The number of para-hydroxylation sites is 2. The maximum Gasteiger partial charge on any atom is 0.292 e. The minimum Gasteiger partial charge on any atom is -0.320 e. The highest BCUT2D eigenvalue weighted by molar-refractivity contribution is 5.93. The van der Waals surface area contributed by atoms with Crippen LogP contribution in [0.2, 0.25) is 0 Å². The van der Waals surface area contributed by atoms with Crippen LogP contribution >= 0.6 is 0 Å². The van der Waals surface area contributed by atoms with E-state index in [2.05, 4.69) is 17.1 Å². The lowest BCUT2D eigenvalue weighted by Gasteiger charge is -2.30. The van der Waals surface area contributed by atoms with Crippen LogP contribution in [0.3, 0.4) is 0 Å². The number of carbonyl (C=O) groups excluding carboxylic acids is 1. The summed E-state index contributed by atoms with van der Waals surface area (Å²) in [6.07, 6.45) is 2.78. The van der Waals surface area contributed by atoms with Crippen LogP contribution in [0.15, 0.2) is 24.3 Å². The first kappa shape index (κ1) is 15.4. The van der Waals surface area contributed by atoms with Crippen molar-refractivity contribution in [2.45, 2.75) is 26.2 Å². The Morgan fingerprint density at radius 2 is 2.24 bits per heavy atom. The summed E-state index contributed by atoms with van der Waals surface area (Å²) >= 11 is 0. The van der Waals surface area contributed by atoms with Crippen LogP contribution in [0, 0.1) is 16.0 Å². The van der Waals surface area contributed by atoms with Crippen molar-refractivity contribution in [1.29, 1.82) is 0 Å². The Balaban J connectivity index is 1.86. The molecule has 1 heterocycles. The molecule has 0 aromatic heterocycles. The summed E-state index contributed by atoms with van der Waals surface area (Å²) in [5.41, 5.74) is 0.192. The van der Waals surface area contributed by atoms with E-state index in [1.165, 1.54) is 18.9 Å². The lowest BCUT2D eigenvalue weighted by atomic mass is 10.0. The maximum absolute atomic E-state index is 12.0. The van der Waals surface area contributed by atoms with E-state index in [4.69, 9.17) is 0 Å². The van der Waals surface area contributed by atoms with Gasteiger partial charge in [0.05, 0.1) is 4.92 Å². The van der Waals surface area contributed by atoms with Gasteiger partial charge in [-0.25, -0.2) is 0 Å². The SMILES string of the molecule is CC1CCCN(CCC(=O)Nc2ccccc2[N+](=O)[O-])C1. The quantitative estimate of drug-likeness (QED) is 0.668. The Bertz CT molecular complexity index is 519. The number of nitrogens with one attached hydrogen (secondary N) is 1. The lowest BCUT2D eigenvalue weighted by Crippen LogP contribution is -2.36. The molecule has 1 fully saturated rings. The van der Waals surface area contributed by atoms with E-state index in [0.717, 1.165) is 13.1 Å². The van der Waals surface area contributed by atoms with Crippen molar-refractivity contribution in [3.05, 3.63) is 34.4 Å². The number of piperidine rings is 1. The molecular formula is C15H21N3O3. The summed E-state index contributed by atoms with van der Waals surface area (Å²) < 4.78 is 0. The number of nitro benzene ring substituents is 1. The molecule has 1 aromatic carbocycles. The van der Waals surface area contributed by atoms with E-state index in [1.54, 1.807) is 18.2 Å². The summed E-state index contributed by atoms with van der Waals surface area (Å²) in [5, 5.41) is 13.5. The molecule has 1 aliphatic heterocycles. The van der Waals surface area contributed by atoms with Gasteiger partial charge < -0.3 is 10.2 Å². The van der Waals surface area contributed by atoms with Gasteiger partial charge in [0.25, 0.3) is 5.69 Å². The van der Waals surface area contributed by atoms with Crippen molar-refractivity contribution >= 4 is 17.3 Å². The molecule has 1 N–H and O–H groups in total. The Morgan fingerprint density at radius 1 is 1.48 bits per heavy atom. The zero-order chi connectivity index (χ0) is 15.2. The third-order valence-corrected chi connectivity index (χ3v) is 3.77. The summed E-state index contributed by atoms with van der Waals surface area (Å²) in [6.45, 7) is 4.98. The summed E-state index contributed by atoms with van der Waals surface area (Å²) in [4.78, 5) is 24.6. The monoisotopic (exact) mass is 291 g/mol. The van der Waals surface area contributed by atoms with Gasteiger partial charge in [-0.05, 0) is 31.4 Å². The van der Waals surface area contributed by atoms with Crippen LogP contribution in [0.5, 0.6) is 0 Å². The molecule has 1 atom stereocenters. The van der Waals surface area contributed by atoms with Gasteiger partial charge in [-0.3, -0.25) is 14.9 Å².